The molecule has 6 heteroatoms. The van der Waals surface area contributed by atoms with E-state index in [9.17, 15) is 0 Å². The molecule has 0 spiro atoms. The van der Waals surface area contributed by atoms with Gasteiger partial charge in [0, 0.05) is 41.3 Å². The monoisotopic (exact) mass is 554 g/mol. The predicted molar refractivity (Wildman–Crippen MR) is 168 cm³/mol. The van der Waals surface area contributed by atoms with Crippen molar-refractivity contribution in [1.29, 1.82) is 0 Å². The smallest absolute Gasteiger partial charge is 0.118 e. The highest BCUT2D eigenvalue weighted by Gasteiger charge is 2.09. The molecule has 4 rings (SSSR count). The Bertz CT molecular complexity index is 1170. The van der Waals surface area contributed by atoms with Gasteiger partial charge in [0.2, 0.25) is 0 Å². The molecule has 0 unspecified atom stereocenters. The third kappa shape index (κ3) is 7.70. The fourth-order valence-corrected chi connectivity index (χ4v) is 8.41. The van der Waals surface area contributed by atoms with Crippen molar-refractivity contribution in [3.63, 3.8) is 0 Å². The van der Waals surface area contributed by atoms with Crippen LogP contribution in [-0.2, 0) is 12.8 Å². The van der Waals surface area contributed by atoms with E-state index in [0.717, 1.165) is 22.8 Å². The quantitative estimate of drug-likeness (QED) is 0.109. The first-order valence-corrected chi connectivity index (χ1v) is 16.6. The Hall–Kier alpha value is -1.60. The van der Waals surface area contributed by atoms with Gasteiger partial charge >= 0.3 is 0 Å². The largest absolute Gasteiger partial charge is 0.244 e. The van der Waals surface area contributed by atoms with E-state index in [1.165, 1.54) is 91.4 Å². The van der Waals surface area contributed by atoms with Gasteiger partial charge in [0.15, 0.2) is 0 Å². The lowest BCUT2D eigenvalue weighted by Gasteiger charge is -2.00. The van der Waals surface area contributed by atoms with Crippen LogP contribution in [0.1, 0.15) is 95.8 Å². The van der Waals surface area contributed by atoms with Crippen molar-refractivity contribution in [2.24, 2.45) is 9.98 Å². The number of fused-ring (bicyclic) bond motifs is 1. The van der Waals surface area contributed by atoms with Crippen molar-refractivity contribution in [2.45, 2.75) is 91.9 Å². The molecule has 0 aliphatic heterocycles. The van der Waals surface area contributed by atoms with Crippen molar-refractivity contribution in [3.8, 4) is 0 Å². The first kappa shape index (κ1) is 27.4. The molecule has 0 radical (unpaired) electrons. The Kier molecular flexibility index (Phi) is 10.5. The Labute approximate surface area is 232 Å². The van der Waals surface area contributed by atoms with Crippen molar-refractivity contribution in [3.05, 3.63) is 54.9 Å². The minimum Gasteiger partial charge on any atom is -0.244 e. The van der Waals surface area contributed by atoms with E-state index in [4.69, 9.17) is 9.98 Å². The number of unbranched alkanes of at least 4 members (excludes halogenated alkanes) is 6. The minimum absolute atomic E-state index is 1.08. The fourth-order valence-electron chi connectivity index (χ4n) is 4.45. The second-order valence-electron chi connectivity index (χ2n) is 9.53. The second kappa shape index (κ2) is 13.8. The molecule has 0 amide bonds. The summed E-state index contributed by atoms with van der Waals surface area (Å²) in [7, 11) is 0. The van der Waals surface area contributed by atoms with E-state index >= 15 is 0 Å². The van der Waals surface area contributed by atoms with Crippen molar-refractivity contribution in [1.82, 2.24) is 0 Å². The van der Waals surface area contributed by atoms with Gasteiger partial charge in [0.25, 0.3) is 0 Å². The highest BCUT2D eigenvalue weighted by atomic mass is 32.1. The SMILES string of the molecule is CCCCCCc1cc(C)sc1C=Nc1cc2sc(N=Cc3sc(C)cc3CCCCCC)cc2s1. The molecule has 0 fully saturated rings. The standard InChI is InChI=1S/C30H38N2S4/c1-5-7-9-11-13-23-15-21(3)33-27(23)19-31-29-17-25-26(35-29)18-30(36-25)32-20-28-24(16-22(4)34-28)14-12-10-8-6-2/h15-20H,5-14H2,1-4H3. The summed E-state index contributed by atoms with van der Waals surface area (Å²) in [6.07, 6.45) is 16.9. The molecule has 0 atom stereocenters. The van der Waals surface area contributed by atoms with Crippen LogP contribution in [0.15, 0.2) is 34.3 Å². The zero-order valence-corrected chi connectivity index (χ0v) is 25.3. The van der Waals surface area contributed by atoms with Crippen LogP contribution in [0.4, 0.5) is 10.0 Å². The van der Waals surface area contributed by atoms with Gasteiger partial charge in [-0.25, -0.2) is 9.98 Å². The summed E-state index contributed by atoms with van der Waals surface area (Å²) >= 11 is 7.26. The molecule has 0 aliphatic carbocycles. The maximum absolute atomic E-state index is 4.86. The van der Waals surface area contributed by atoms with Crippen molar-refractivity contribution in [2.75, 3.05) is 0 Å². The fraction of sp³-hybridized carbons (Fsp3) is 0.467. The van der Waals surface area contributed by atoms with Gasteiger partial charge in [-0.3, -0.25) is 0 Å². The lowest BCUT2D eigenvalue weighted by atomic mass is 10.1. The van der Waals surface area contributed by atoms with Crippen LogP contribution in [0.2, 0.25) is 0 Å². The van der Waals surface area contributed by atoms with Crippen molar-refractivity contribution >= 4 is 77.2 Å². The summed E-state index contributed by atoms with van der Waals surface area (Å²) in [6.45, 7) is 8.94. The lowest BCUT2D eigenvalue weighted by Crippen LogP contribution is -1.88. The van der Waals surface area contributed by atoms with Crippen LogP contribution in [0.3, 0.4) is 0 Å². The predicted octanol–water partition coefficient (Wildman–Crippen LogP) is 11.4. The van der Waals surface area contributed by atoms with Gasteiger partial charge < -0.3 is 0 Å². The third-order valence-electron chi connectivity index (χ3n) is 6.33. The minimum atomic E-state index is 1.08. The molecule has 0 saturated heterocycles. The van der Waals surface area contributed by atoms with E-state index in [0.29, 0.717) is 0 Å². The molecule has 0 saturated carbocycles. The van der Waals surface area contributed by atoms with Gasteiger partial charge in [-0.1, -0.05) is 52.4 Å². The molecule has 2 nitrogen and oxygen atoms in total. The lowest BCUT2D eigenvalue weighted by molar-refractivity contribution is 0.667. The number of aliphatic imine (C=N–C) groups is 2. The summed E-state index contributed by atoms with van der Waals surface area (Å²) in [6, 6.07) is 9.13. The van der Waals surface area contributed by atoms with Crippen LogP contribution >= 0.6 is 45.3 Å². The van der Waals surface area contributed by atoms with Gasteiger partial charge in [-0.2, -0.15) is 0 Å². The van der Waals surface area contributed by atoms with E-state index in [-0.39, 0.29) is 0 Å². The molecule has 0 aliphatic rings. The zero-order valence-electron chi connectivity index (χ0n) is 22.1. The van der Waals surface area contributed by atoms with Gasteiger partial charge in [-0.15, -0.1) is 45.3 Å². The molecule has 4 aromatic heterocycles. The molecule has 0 aromatic carbocycles. The maximum Gasteiger partial charge on any atom is 0.118 e. The van der Waals surface area contributed by atoms with Gasteiger partial charge in [0.05, 0.1) is 0 Å². The Morgan fingerprint density at radius 2 is 1.03 bits per heavy atom. The van der Waals surface area contributed by atoms with Gasteiger partial charge in [0.1, 0.15) is 10.0 Å². The average Bonchev–Trinajstić information content (AvgIpc) is 3.59. The number of aryl methyl sites for hydroxylation is 4. The molecular weight excluding hydrogens is 517 g/mol. The third-order valence-corrected chi connectivity index (χ3v) is 10.5. The second-order valence-corrected chi connectivity index (χ2v) is 14.2. The molecular formula is C30H38N2S4. The number of nitrogens with zero attached hydrogens (tertiary/aromatic N) is 2. The molecule has 0 bridgehead atoms. The number of hydrogen-bond acceptors (Lipinski definition) is 6. The van der Waals surface area contributed by atoms with E-state index in [2.05, 4.69) is 64.4 Å². The number of hydrogen-bond donors (Lipinski definition) is 0. The molecule has 192 valence electrons. The molecule has 0 N–H and O–H groups in total. The molecule has 4 heterocycles. The Morgan fingerprint density at radius 1 is 0.583 bits per heavy atom. The average molecular weight is 555 g/mol. The Balaban J connectivity index is 1.40. The van der Waals surface area contributed by atoms with Crippen LogP contribution in [0.5, 0.6) is 0 Å². The maximum atomic E-state index is 4.86. The van der Waals surface area contributed by atoms with E-state index in [1.807, 2.05) is 22.7 Å². The van der Waals surface area contributed by atoms with E-state index < -0.39 is 0 Å². The van der Waals surface area contributed by atoms with E-state index in [1.54, 1.807) is 22.7 Å². The van der Waals surface area contributed by atoms with Crippen LogP contribution < -0.4 is 0 Å². The van der Waals surface area contributed by atoms with Crippen LogP contribution in [0, 0.1) is 13.8 Å². The van der Waals surface area contributed by atoms with Gasteiger partial charge in [-0.05, 0) is 74.9 Å². The van der Waals surface area contributed by atoms with Crippen molar-refractivity contribution < 1.29 is 0 Å². The highest BCUT2D eigenvalue weighted by Crippen LogP contribution is 2.41. The first-order valence-electron chi connectivity index (χ1n) is 13.4. The summed E-state index contributed by atoms with van der Waals surface area (Å²) < 4.78 is 2.56. The summed E-state index contributed by atoms with van der Waals surface area (Å²) in [4.78, 5) is 15.1. The summed E-state index contributed by atoms with van der Waals surface area (Å²) in [5, 5.41) is 2.16. The molecule has 36 heavy (non-hydrogen) atoms. The summed E-state index contributed by atoms with van der Waals surface area (Å²) in [5.74, 6) is 0. The normalized spacial score (nSPS) is 12.2. The van der Waals surface area contributed by atoms with Crippen LogP contribution in [0.25, 0.3) is 9.40 Å². The number of thiophene rings is 4. The number of rotatable bonds is 14. The highest BCUT2D eigenvalue weighted by molar-refractivity contribution is 7.31. The zero-order chi connectivity index (χ0) is 25.3. The molecule has 4 aromatic rings. The Morgan fingerprint density at radius 3 is 1.44 bits per heavy atom. The first-order chi connectivity index (χ1) is 17.6. The van der Waals surface area contributed by atoms with Crippen LogP contribution in [-0.4, -0.2) is 12.4 Å². The summed E-state index contributed by atoms with van der Waals surface area (Å²) in [5.41, 5.74) is 2.92. The topological polar surface area (TPSA) is 24.7 Å².